The van der Waals surface area contributed by atoms with Crippen molar-refractivity contribution in [2.24, 2.45) is 0 Å². The number of aliphatic hydroxyl groups is 1. The van der Waals surface area contributed by atoms with Crippen molar-refractivity contribution >= 4 is 28.4 Å². The molecule has 1 saturated heterocycles. The Morgan fingerprint density at radius 3 is 2.67 bits per heavy atom. The Hall–Kier alpha value is -4.75. The van der Waals surface area contributed by atoms with Gasteiger partial charge in [0.2, 0.25) is 0 Å². The first-order valence-electron chi connectivity index (χ1n) is 13.0. The van der Waals surface area contributed by atoms with E-state index in [0.717, 1.165) is 22.4 Å². The number of nitrogen functional groups attached to an aromatic ring is 1. The molecule has 1 amide bonds. The monoisotopic (exact) mass is 580 g/mol. The summed E-state index contributed by atoms with van der Waals surface area (Å²) in [6, 6.07) is 16.5. The van der Waals surface area contributed by atoms with Crippen molar-refractivity contribution in [1.29, 1.82) is 0 Å². The number of carbonyl (C=O) groups is 1. The number of nitrogens with one attached hydrogen (secondary N) is 1. The molecule has 0 spiro atoms. The Morgan fingerprint density at radius 2 is 1.93 bits per heavy atom. The minimum Gasteiger partial charge on any atom is -0.392 e. The predicted molar refractivity (Wildman–Crippen MR) is 146 cm³/mol. The van der Waals surface area contributed by atoms with E-state index >= 15 is 4.39 Å². The SMILES string of the molecule is Nc1noc2ccc(-n3nc(C(F)(F)F)cc3C(=O)Nc3ccc(-c4ccccc4CN4CC[C@H](O)C4)cc3F)cc12. The van der Waals surface area contributed by atoms with Crippen molar-refractivity contribution in [1.82, 2.24) is 19.8 Å². The summed E-state index contributed by atoms with van der Waals surface area (Å²) < 4.78 is 61.9. The Labute approximate surface area is 236 Å². The lowest BCUT2D eigenvalue weighted by atomic mass is 9.99. The smallest absolute Gasteiger partial charge is 0.392 e. The van der Waals surface area contributed by atoms with E-state index in [4.69, 9.17) is 10.3 Å². The molecular formula is C29H24F4N6O3. The van der Waals surface area contributed by atoms with Gasteiger partial charge in [-0.1, -0.05) is 35.5 Å². The summed E-state index contributed by atoms with van der Waals surface area (Å²) in [7, 11) is 0. The number of carbonyl (C=O) groups excluding carboxylic acids is 1. The highest BCUT2D eigenvalue weighted by Gasteiger charge is 2.36. The van der Waals surface area contributed by atoms with Crippen LogP contribution >= 0.6 is 0 Å². The van der Waals surface area contributed by atoms with E-state index in [0.29, 0.717) is 42.1 Å². The van der Waals surface area contributed by atoms with Crippen LogP contribution in [0.15, 0.2) is 71.3 Å². The summed E-state index contributed by atoms with van der Waals surface area (Å²) >= 11 is 0. The van der Waals surface area contributed by atoms with Crippen LogP contribution in [0, 0.1) is 5.82 Å². The van der Waals surface area contributed by atoms with E-state index in [2.05, 4.69) is 20.5 Å². The molecule has 1 atom stereocenters. The number of hydrogen-bond donors (Lipinski definition) is 3. The van der Waals surface area contributed by atoms with Crippen LogP contribution in [0.1, 0.15) is 28.2 Å². The lowest BCUT2D eigenvalue weighted by Crippen LogP contribution is -2.21. The van der Waals surface area contributed by atoms with E-state index in [1.807, 2.05) is 24.3 Å². The Morgan fingerprint density at radius 1 is 1.12 bits per heavy atom. The maximum Gasteiger partial charge on any atom is 0.435 e. The molecule has 5 aromatic rings. The fourth-order valence-electron chi connectivity index (χ4n) is 5.06. The van der Waals surface area contributed by atoms with Crippen LogP contribution in [-0.4, -0.2) is 50.0 Å². The molecule has 216 valence electrons. The summed E-state index contributed by atoms with van der Waals surface area (Å²) in [4.78, 5) is 15.3. The highest BCUT2D eigenvalue weighted by Crippen LogP contribution is 2.32. The first-order valence-corrected chi connectivity index (χ1v) is 13.0. The molecule has 42 heavy (non-hydrogen) atoms. The molecule has 1 fully saturated rings. The van der Waals surface area contributed by atoms with Crippen molar-refractivity contribution in [3.05, 3.63) is 89.5 Å². The number of hydrogen-bond acceptors (Lipinski definition) is 7. The van der Waals surface area contributed by atoms with Gasteiger partial charge in [-0.05, 0) is 53.4 Å². The van der Waals surface area contributed by atoms with Crippen LogP contribution in [-0.2, 0) is 12.7 Å². The average Bonchev–Trinajstić information content (AvgIpc) is 3.68. The zero-order chi connectivity index (χ0) is 29.6. The second-order valence-electron chi connectivity index (χ2n) is 10.1. The van der Waals surface area contributed by atoms with E-state index < -0.39 is 29.3 Å². The van der Waals surface area contributed by atoms with Crippen LogP contribution in [0.2, 0.25) is 0 Å². The van der Waals surface area contributed by atoms with Gasteiger partial charge in [-0.3, -0.25) is 9.69 Å². The van der Waals surface area contributed by atoms with Gasteiger partial charge < -0.3 is 20.7 Å². The summed E-state index contributed by atoms with van der Waals surface area (Å²) in [6.45, 7) is 1.88. The van der Waals surface area contributed by atoms with Crippen molar-refractivity contribution < 1.29 is 32.0 Å². The van der Waals surface area contributed by atoms with Gasteiger partial charge in [-0.25, -0.2) is 9.07 Å². The number of aromatic nitrogens is 3. The Balaban J connectivity index is 1.29. The maximum absolute atomic E-state index is 15.3. The molecule has 0 radical (unpaired) electrons. The topological polar surface area (TPSA) is 122 Å². The molecule has 13 heteroatoms. The number of likely N-dealkylation sites (tertiary alicyclic amines) is 1. The van der Waals surface area contributed by atoms with Crippen LogP contribution in [0.3, 0.4) is 0 Å². The van der Waals surface area contributed by atoms with Gasteiger partial charge in [-0.15, -0.1) is 0 Å². The third-order valence-corrected chi connectivity index (χ3v) is 7.15. The second-order valence-corrected chi connectivity index (χ2v) is 10.1. The van der Waals surface area contributed by atoms with Gasteiger partial charge in [0.15, 0.2) is 17.1 Å². The number of alkyl halides is 3. The number of halogens is 4. The summed E-state index contributed by atoms with van der Waals surface area (Å²) in [6.07, 6.45) is -4.52. The molecule has 3 aromatic carbocycles. The molecule has 4 N–H and O–H groups in total. The van der Waals surface area contributed by atoms with Crippen molar-refractivity contribution in [2.75, 3.05) is 24.1 Å². The molecule has 2 aromatic heterocycles. The van der Waals surface area contributed by atoms with E-state index in [1.54, 1.807) is 6.07 Å². The standard InChI is InChI=1S/C29H24F4N6O3/c30-22-11-16(20-4-2-1-3-17(20)14-38-10-9-19(40)15-38)5-7-23(22)35-28(41)24-13-26(29(31,32)33)36-39(24)18-6-8-25-21(12-18)27(34)37-42-25/h1-8,11-13,19,40H,9-10,14-15H2,(H2,34,37)(H,35,41)/t19-/m0/s1. The van der Waals surface area contributed by atoms with Gasteiger partial charge in [-0.2, -0.15) is 18.3 Å². The van der Waals surface area contributed by atoms with Crippen molar-refractivity contribution in [3.63, 3.8) is 0 Å². The van der Waals surface area contributed by atoms with Gasteiger partial charge in [0, 0.05) is 25.7 Å². The molecule has 0 saturated carbocycles. The molecule has 3 heterocycles. The molecule has 0 unspecified atom stereocenters. The van der Waals surface area contributed by atoms with Gasteiger partial charge in [0.05, 0.1) is 22.9 Å². The molecule has 1 aliphatic heterocycles. The van der Waals surface area contributed by atoms with Crippen LogP contribution in [0.5, 0.6) is 0 Å². The quantitative estimate of drug-likeness (QED) is 0.235. The average molecular weight is 581 g/mol. The van der Waals surface area contributed by atoms with E-state index in [1.165, 1.54) is 30.3 Å². The maximum atomic E-state index is 15.3. The second kappa shape index (κ2) is 10.6. The minimum absolute atomic E-state index is 0.0165. The lowest BCUT2D eigenvalue weighted by molar-refractivity contribution is -0.141. The van der Waals surface area contributed by atoms with Gasteiger partial charge >= 0.3 is 6.18 Å². The van der Waals surface area contributed by atoms with Gasteiger partial charge in [0.25, 0.3) is 5.91 Å². The lowest BCUT2D eigenvalue weighted by Gasteiger charge is -2.18. The highest BCUT2D eigenvalue weighted by atomic mass is 19.4. The number of nitrogens with zero attached hydrogens (tertiary/aromatic N) is 4. The number of benzene rings is 3. The van der Waals surface area contributed by atoms with Gasteiger partial charge in [0.1, 0.15) is 11.5 Å². The number of β-amino-alcohol motifs (C(OH)–C–C–N with tert-alkyl or cyclic N) is 1. The third kappa shape index (κ3) is 5.31. The number of nitrogens with two attached hydrogens (primary N) is 1. The number of fused-ring (bicyclic) bond motifs is 1. The Kier molecular flexibility index (Phi) is 6.91. The molecule has 0 bridgehead atoms. The van der Waals surface area contributed by atoms with Crippen LogP contribution in [0.25, 0.3) is 27.8 Å². The molecule has 0 aliphatic carbocycles. The fourth-order valence-corrected chi connectivity index (χ4v) is 5.06. The normalized spacial score (nSPS) is 15.9. The van der Waals surface area contributed by atoms with E-state index in [9.17, 15) is 23.1 Å². The van der Waals surface area contributed by atoms with E-state index in [-0.39, 0.29) is 23.3 Å². The highest BCUT2D eigenvalue weighted by molar-refractivity contribution is 6.04. The van der Waals surface area contributed by atoms with Crippen molar-refractivity contribution in [2.45, 2.75) is 25.2 Å². The zero-order valence-electron chi connectivity index (χ0n) is 21.9. The van der Waals surface area contributed by atoms with Crippen molar-refractivity contribution in [3.8, 4) is 16.8 Å². The number of aliphatic hydroxyl groups excluding tert-OH is 1. The number of amides is 1. The predicted octanol–water partition coefficient (Wildman–Crippen LogP) is 5.24. The summed E-state index contributed by atoms with van der Waals surface area (Å²) in [5.41, 5.74) is 6.46. The molecular weight excluding hydrogens is 556 g/mol. The number of rotatable bonds is 6. The fraction of sp³-hybridized carbons (Fsp3) is 0.207. The van der Waals surface area contributed by atoms with Crippen LogP contribution < -0.4 is 11.1 Å². The zero-order valence-corrected chi connectivity index (χ0v) is 21.9. The minimum atomic E-state index is -4.84. The first-order chi connectivity index (χ1) is 20.1. The van der Waals surface area contributed by atoms with Crippen LogP contribution in [0.4, 0.5) is 29.1 Å². The largest absolute Gasteiger partial charge is 0.435 e. The number of anilines is 2. The Bertz CT molecular complexity index is 1800. The molecule has 9 nitrogen and oxygen atoms in total. The summed E-state index contributed by atoms with van der Waals surface area (Å²) in [5.74, 6) is -1.76. The molecule has 6 rings (SSSR count). The first kappa shape index (κ1) is 27.4. The molecule has 1 aliphatic rings. The third-order valence-electron chi connectivity index (χ3n) is 7.15. The summed E-state index contributed by atoms with van der Waals surface area (Å²) in [5, 5.41) is 19.8.